The molecule has 0 radical (unpaired) electrons. The van der Waals surface area contributed by atoms with Crippen molar-refractivity contribution in [2.24, 2.45) is 46.3 Å². The number of fused-ring (bicyclic) bond motifs is 5. The molecular formula is C22H36O2. The molecule has 0 aliphatic heterocycles. The molecule has 2 nitrogen and oxygen atoms in total. The molecule has 7 unspecified atom stereocenters. The molecule has 9 atom stereocenters. The van der Waals surface area contributed by atoms with Crippen molar-refractivity contribution in [3.05, 3.63) is 0 Å². The summed E-state index contributed by atoms with van der Waals surface area (Å²) in [6.45, 7) is 9.27. The third kappa shape index (κ3) is 2.20. The lowest BCUT2D eigenvalue weighted by molar-refractivity contribution is -0.151. The van der Waals surface area contributed by atoms with Crippen molar-refractivity contribution in [1.29, 1.82) is 0 Å². The standard InChI is InChI=1S/C22H36O2/c1-13-11-16-18-6-5-17(14(2)23)21(18,3)10-8-19(16)22(4)9-7-15(24)12-20(13)22/h13,15-20,24H,5-12H2,1-4H3/t13?,15-,16?,17?,18?,19?,20?,21+,22?/m0/s1. The Bertz CT molecular complexity index is 528. The van der Waals surface area contributed by atoms with Gasteiger partial charge >= 0.3 is 0 Å². The average Bonchev–Trinajstić information content (AvgIpc) is 2.87. The van der Waals surface area contributed by atoms with Crippen LogP contribution in [0.15, 0.2) is 0 Å². The molecular weight excluding hydrogens is 296 g/mol. The maximum absolute atomic E-state index is 12.2. The van der Waals surface area contributed by atoms with E-state index in [-0.39, 0.29) is 11.5 Å². The van der Waals surface area contributed by atoms with Crippen LogP contribution in [0.3, 0.4) is 0 Å². The van der Waals surface area contributed by atoms with E-state index in [4.69, 9.17) is 0 Å². The molecule has 0 amide bonds. The van der Waals surface area contributed by atoms with Crippen LogP contribution in [0, 0.1) is 46.3 Å². The number of rotatable bonds is 1. The van der Waals surface area contributed by atoms with Gasteiger partial charge in [0, 0.05) is 5.92 Å². The molecule has 0 spiro atoms. The van der Waals surface area contributed by atoms with Crippen molar-refractivity contribution in [2.45, 2.75) is 85.2 Å². The van der Waals surface area contributed by atoms with Crippen LogP contribution in [0.25, 0.3) is 0 Å². The van der Waals surface area contributed by atoms with Gasteiger partial charge in [-0.15, -0.1) is 0 Å². The lowest BCUT2D eigenvalue weighted by Gasteiger charge is -2.62. The topological polar surface area (TPSA) is 37.3 Å². The number of hydrogen-bond donors (Lipinski definition) is 1. The highest BCUT2D eigenvalue weighted by molar-refractivity contribution is 5.79. The molecule has 4 fully saturated rings. The van der Waals surface area contributed by atoms with E-state index in [0.717, 1.165) is 42.9 Å². The van der Waals surface area contributed by atoms with Crippen molar-refractivity contribution in [2.75, 3.05) is 0 Å². The minimum absolute atomic E-state index is 0.0653. The fourth-order valence-corrected chi connectivity index (χ4v) is 8.38. The molecule has 24 heavy (non-hydrogen) atoms. The Morgan fingerprint density at radius 3 is 2.29 bits per heavy atom. The molecule has 4 rings (SSSR count). The molecule has 4 aliphatic carbocycles. The predicted molar refractivity (Wildman–Crippen MR) is 96.5 cm³/mol. The number of Topliss-reactive ketones (excluding diaryl/α,β-unsaturated/α-hetero) is 1. The first-order chi connectivity index (χ1) is 11.3. The Labute approximate surface area is 147 Å². The van der Waals surface area contributed by atoms with E-state index >= 15 is 0 Å². The Kier molecular flexibility index (Phi) is 3.95. The van der Waals surface area contributed by atoms with Gasteiger partial charge in [-0.3, -0.25) is 4.79 Å². The Hall–Kier alpha value is -0.370. The quantitative estimate of drug-likeness (QED) is 0.746. The average molecular weight is 333 g/mol. The van der Waals surface area contributed by atoms with Gasteiger partial charge < -0.3 is 5.11 Å². The molecule has 0 aromatic carbocycles. The molecule has 4 aliphatic rings. The summed E-state index contributed by atoms with van der Waals surface area (Å²) in [4.78, 5) is 12.2. The minimum atomic E-state index is -0.0653. The zero-order valence-corrected chi connectivity index (χ0v) is 16.1. The summed E-state index contributed by atoms with van der Waals surface area (Å²) in [6, 6.07) is 0. The molecule has 0 saturated heterocycles. The van der Waals surface area contributed by atoms with Crippen LogP contribution in [0.5, 0.6) is 0 Å². The van der Waals surface area contributed by atoms with Crippen LogP contribution in [0.2, 0.25) is 0 Å². The highest BCUT2D eigenvalue weighted by Gasteiger charge is 2.61. The molecule has 136 valence electrons. The third-order valence-electron chi connectivity index (χ3n) is 9.50. The number of carbonyl (C=O) groups excluding carboxylic acids is 1. The smallest absolute Gasteiger partial charge is 0.133 e. The Morgan fingerprint density at radius 1 is 0.917 bits per heavy atom. The summed E-state index contributed by atoms with van der Waals surface area (Å²) >= 11 is 0. The first kappa shape index (κ1) is 17.1. The van der Waals surface area contributed by atoms with Gasteiger partial charge in [-0.1, -0.05) is 20.8 Å². The second-order valence-electron chi connectivity index (χ2n) is 10.4. The van der Waals surface area contributed by atoms with Crippen molar-refractivity contribution >= 4 is 5.78 Å². The van der Waals surface area contributed by atoms with E-state index in [9.17, 15) is 9.90 Å². The van der Waals surface area contributed by atoms with Gasteiger partial charge in [-0.2, -0.15) is 0 Å². The van der Waals surface area contributed by atoms with E-state index in [2.05, 4.69) is 20.8 Å². The van der Waals surface area contributed by atoms with Gasteiger partial charge in [0.25, 0.3) is 0 Å². The SMILES string of the molecule is CC(=O)C1CCC2C3CC(C)C4C[C@@H](O)CCC4(C)C3CC[C@]12C. The van der Waals surface area contributed by atoms with Crippen LogP contribution in [0.1, 0.15) is 79.1 Å². The van der Waals surface area contributed by atoms with Crippen molar-refractivity contribution in [1.82, 2.24) is 0 Å². The molecule has 0 aromatic heterocycles. The maximum Gasteiger partial charge on any atom is 0.133 e. The van der Waals surface area contributed by atoms with Gasteiger partial charge in [0.05, 0.1) is 6.10 Å². The van der Waals surface area contributed by atoms with E-state index in [0.29, 0.717) is 23.0 Å². The first-order valence-electron chi connectivity index (χ1n) is 10.5. The Balaban J connectivity index is 1.65. The minimum Gasteiger partial charge on any atom is -0.393 e. The summed E-state index contributed by atoms with van der Waals surface area (Å²) in [5.74, 6) is 4.60. The zero-order valence-electron chi connectivity index (χ0n) is 16.1. The van der Waals surface area contributed by atoms with E-state index in [1.54, 1.807) is 0 Å². The highest BCUT2D eigenvalue weighted by Crippen LogP contribution is 2.68. The van der Waals surface area contributed by atoms with Gasteiger partial charge in [0.1, 0.15) is 5.78 Å². The monoisotopic (exact) mass is 332 g/mol. The lowest BCUT2D eigenvalue weighted by atomic mass is 9.43. The maximum atomic E-state index is 12.2. The first-order valence-corrected chi connectivity index (χ1v) is 10.5. The van der Waals surface area contributed by atoms with E-state index in [1.807, 2.05) is 6.92 Å². The summed E-state index contributed by atoms with van der Waals surface area (Å²) in [5, 5.41) is 10.2. The highest BCUT2D eigenvalue weighted by atomic mass is 16.3. The zero-order chi connectivity index (χ0) is 17.3. The van der Waals surface area contributed by atoms with Gasteiger partial charge in [-0.25, -0.2) is 0 Å². The number of aliphatic hydroxyl groups excluding tert-OH is 1. The van der Waals surface area contributed by atoms with Gasteiger partial charge in [0.15, 0.2) is 0 Å². The fraction of sp³-hybridized carbons (Fsp3) is 0.955. The lowest BCUT2D eigenvalue weighted by Crippen LogP contribution is -2.56. The van der Waals surface area contributed by atoms with E-state index in [1.165, 1.54) is 32.1 Å². The molecule has 4 saturated carbocycles. The van der Waals surface area contributed by atoms with Crippen molar-refractivity contribution in [3.8, 4) is 0 Å². The van der Waals surface area contributed by atoms with E-state index < -0.39 is 0 Å². The summed E-state index contributed by atoms with van der Waals surface area (Å²) in [6.07, 6.45) is 9.49. The fourth-order valence-electron chi connectivity index (χ4n) is 8.38. The molecule has 1 N–H and O–H groups in total. The number of aliphatic hydroxyl groups is 1. The predicted octanol–water partition coefficient (Wildman–Crippen LogP) is 4.84. The Morgan fingerprint density at radius 2 is 1.58 bits per heavy atom. The summed E-state index contributed by atoms with van der Waals surface area (Å²) in [5.41, 5.74) is 0.696. The normalized spacial score (nSPS) is 57.0. The van der Waals surface area contributed by atoms with Crippen molar-refractivity contribution < 1.29 is 9.90 Å². The van der Waals surface area contributed by atoms with Crippen LogP contribution in [-0.4, -0.2) is 17.0 Å². The van der Waals surface area contributed by atoms with Gasteiger partial charge in [0.2, 0.25) is 0 Å². The molecule has 2 heteroatoms. The third-order valence-corrected chi connectivity index (χ3v) is 9.50. The number of ketones is 1. The van der Waals surface area contributed by atoms with Crippen LogP contribution in [0.4, 0.5) is 0 Å². The van der Waals surface area contributed by atoms with Crippen LogP contribution >= 0.6 is 0 Å². The van der Waals surface area contributed by atoms with Crippen LogP contribution in [-0.2, 0) is 4.79 Å². The van der Waals surface area contributed by atoms with Gasteiger partial charge in [-0.05, 0) is 98.7 Å². The molecule has 0 heterocycles. The second kappa shape index (κ2) is 5.56. The largest absolute Gasteiger partial charge is 0.393 e. The summed E-state index contributed by atoms with van der Waals surface area (Å²) in [7, 11) is 0. The summed E-state index contributed by atoms with van der Waals surface area (Å²) < 4.78 is 0. The molecule has 0 aromatic rings. The second-order valence-corrected chi connectivity index (χ2v) is 10.4. The van der Waals surface area contributed by atoms with Crippen molar-refractivity contribution in [3.63, 3.8) is 0 Å². The van der Waals surface area contributed by atoms with Crippen LogP contribution < -0.4 is 0 Å². The number of carbonyl (C=O) groups is 1. The molecule has 0 bridgehead atoms. The number of hydrogen-bond acceptors (Lipinski definition) is 2.